The highest BCUT2D eigenvalue weighted by molar-refractivity contribution is 7.17. The number of hydrogen-bond donors (Lipinski definition) is 1. The van der Waals surface area contributed by atoms with Crippen molar-refractivity contribution in [2.45, 2.75) is 33.2 Å². The van der Waals surface area contributed by atoms with Crippen LogP contribution in [0.2, 0.25) is 0 Å². The van der Waals surface area contributed by atoms with E-state index in [1.165, 1.54) is 39.1 Å². The van der Waals surface area contributed by atoms with Crippen LogP contribution in [0.4, 0.5) is 5.13 Å². The summed E-state index contributed by atoms with van der Waals surface area (Å²) in [6.45, 7) is 3.95. The average molecular weight is 426 g/mol. The van der Waals surface area contributed by atoms with Crippen molar-refractivity contribution in [3.05, 3.63) is 56.9 Å². The number of carbonyl (C=O) groups is 1. The summed E-state index contributed by atoms with van der Waals surface area (Å²) in [6, 6.07) is 8.16. The van der Waals surface area contributed by atoms with Crippen LogP contribution in [-0.2, 0) is 24.2 Å². The molecule has 0 aliphatic carbocycles. The fourth-order valence-corrected chi connectivity index (χ4v) is 4.58. The molecule has 9 heteroatoms. The van der Waals surface area contributed by atoms with Crippen molar-refractivity contribution in [1.29, 1.82) is 0 Å². The molecule has 0 aliphatic rings. The smallest absolute Gasteiger partial charge is 0.263 e. The Balaban J connectivity index is 1.62. The first-order chi connectivity index (χ1) is 14.1. The molecule has 3 aromatic heterocycles. The van der Waals surface area contributed by atoms with Crippen LogP contribution in [0.15, 0.2) is 40.8 Å². The molecule has 1 amide bonds. The van der Waals surface area contributed by atoms with Crippen LogP contribution in [0.1, 0.15) is 24.4 Å². The molecule has 0 saturated carbocycles. The third-order valence-corrected chi connectivity index (χ3v) is 6.43. The molecular formula is C20H19N5O2S2. The van der Waals surface area contributed by atoms with Gasteiger partial charge in [0.1, 0.15) is 16.4 Å². The van der Waals surface area contributed by atoms with E-state index in [1.54, 1.807) is 0 Å². The first-order valence-electron chi connectivity index (χ1n) is 9.27. The van der Waals surface area contributed by atoms with Gasteiger partial charge in [0.15, 0.2) is 0 Å². The van der Waals surface area contributed by atoms with E-state index in [0.29, 0.717) is 15.3 Å². The summed E-state index contributed by atoms with van der Waals surface area (Å²) in [5.41, 5.74) is 2.82. The van der Waals surface area contributed by atoms with Crippen LogP contribution in [-0.4, -0.2) is 25.7 Å². The number of anilines is 1. The van der Waals surface area contributed by atoms with E-state index >= 15 is 0 Å². The molecule has 0 atom stereocenters. The summed E-state index contributed by atoms with van der Waals surface area (Å²) in [5, 5.41) is 14.4. The molecule has 0 fully saturated rings. The van der Waals surface area contributed by atoms with E-state index in [2.05, 4.69) is 39.6 Å². The van der Waals surface area contributed by atoms with Crippen molar-refractivity contribution in [2.75, 3.05) is 5.32 Å². The molecule has 0 unspecified atom stereocenters. The van der Waals surface area contributed by atoms with Crippen molar-refractivity contribution < 1.29 is 4.79 Å². The number of aromatic nitrogens is 4. The minimum atomic E-state index is -0.337. The Hall–Kier alpha value is -2.91. The van der Waals surface area contributed by atoms with E-state index in [4.69, 9.17) is 0 Å². The monoisotopic (exact) mass is 425 g/mol. The van der Waals surface area contributed by atoms with Gasteiger partial charge in [-0.25, -0.2) is 4.98 Å². The number of benzene rings is 1. The maximum absolute atomic E-state index is 13.1. The molecule has 0 aliphatic heterocycles. The van der Waals surface area contributed by atoms with Crippen LogP contribution in [0, 0.1) is 0 Å². The van der Waals surface area contributed by atoms with E-state index in [0.717, 1.165) is 29.0 Å². The summed E-state index contributed by atoms with van der Waals surface area (Å²) >= 11 is 2.75. The van der Waals surface area contributed by atoms with Crippen molar-refractivity contribution in [3.63, 3.8) is 0 Å². The van der Waals surface area contributed by atoms with Crippen LogP contribution < -0.4 is 10.9 Å². The largest absolute Gasteiger partial charge is 0.299 e. The molecule has 3 heterocycles. The van der Waals surface area contributed by atoms with E-state index in [-0.39, 0.29) is 18.0 Å². The quantitative estimate of drug-likeness (QED) is 0.508. The summed E-state index contributed by atoms with van der Waals surface area (Å²) in [4.78, 5) is 30.5. The number of thiophene rings is 1. The zero-order chi connectivity index (χ0) is 20.4. The normalized spacial score (nSPS) is 11.1. The second-order valence-corrected chi connectivity index (χ2v) is 8.38. The van der Waals surface area contributed by atoms with E-state index < -0.39 is 0 Å². The van der Waals surface area contributed by atoms with Crippen molar-refractivity contribution >= 4 is 43.9 Å². The maximum atomic E-state index is 13.1. The van der Waals surface area contributed by atoms with Gasteiger partial charge in [0.25, 0.3) is 5.56 Å². The van der Waals surface area contributed by atoms with E-state index in [9.17, 15) is 9.59 Å². The molecule has 0 spiro atoms. The van der Waals surface area contributed by atoms with Crippen molar-refractivity contribution in [3.8, 4) is 11.1 Å². The summed E-state index contributed by atoms with van der Waals surface area (Å²) in [5.74, 6) is -0.337. The Kier molecular flexibility index (Phi) is 5.50. The highest BCUT2D eigenvalue weighted by Gasteiger charge is 2.15. The lowest BCUT2D eigenvalue weighted by Crippen LogP contribution is -2.27. The maximum Gasteiger partial charge on any atom is 0.263 e. The fraction of sp³-hybridized carbons (Fsp3) is 0.250. The highest BCUT2D eigenvalue weighted by Crippen LogP contribution is 2.30. The molecular weight excluding hydrogens is 406 g/mol. The molecule has 4 aromatic rings. The molecule has 7 nitrogen and oxygen atoms in total. The number of carbonyl (C=O) groups excluding carboxylic acids is 1. The fourth-order valence-electron chi connectivity index (χ4n) is 2.97. The predicted molar refractivity (Wildman–Crippen MR) is 117 cm³/mol. The highest BCUT2D eigenvalue weighted by atomic mass is 32.1. The first kappa shape index (κ1) is 19.4. The van der Waals surface area contributed by atoms with Gasteiger partial charge in [-0.05, 0) is 24.0 Å². The van der Waals surface area contributed by atoms with Gasteiger partial charge < -0.3 is 0 Å². The lowest BCUT2D eigenvalue weighted by atomic mass is 10.0. The summed E-state index contributed by atoms with van der Waals surface area (Å²) in [7, 11) is 0. The third kappa shape index (κ3) is 3.96. The first-order valence-corrected chi connectivity index (χ1v) is 11.0. The zero-order valence-electron chi connectivity index (χ0n) is 16.0. The number of hydrogen-bond acceptors (Lipinski definition) is 7. The number of nitrogens with zero attached hydrogens (tertiary/aromatic N) is 4. The van der Waals surface area contributed by atoms with Gasteiger partial charge in [0.05, 0.1) is 11.7 Å². The minimum Gasteiger partial charge on any atom is -0.299 e. The lowest BCUT2D eigenvalue weighted by Gasteiger charge is -2.06. The molecule has 0 radical (unpaired) electrons. The van der Waals surface area contributed by atoms with E-state index in [1.807, 2.05) is 24.4 Å². The lowest BCUT2D eigenvalue weighted by molar-refractivity contribution is -0.116. The number of nitrogens with one attached hydrogen (secondary N) is 1. The van der Waals surface area contributed by atoms with Gasteiger partial charge in [-0.3, -0.25) is 19.5 Å². The Morgan fingerprint density at radius 3 is 2.62 bits per heavy atom. The van der Waals surface area contributed by atoms with Gasteiger partial charge in [-0.15, -0.1) is 21.5 Å². The van der Waals surface area contributed by atoms with Gasteiger partial charge in [-0.1, -0.05) is 49.4 Å². The second kappa shape index (κ2) is 8.22. The van der Waals surface area contributed by atoms with Crippen LogP contribution >= 0.6 is 22.7 Å². The van der Waals surface area contributed by atoms with Gasteiger partial charge in [-0.2, -0.15) is 0 Å². The van der Waals surface area contributed by atoms with Crippen molar-refractivity contribution in [1.82, 2.24) is 19.7 Å². The number of amides is 1. The molecule has 4 rings (SSSR count). The van der Waals surface area contributed by atoms with Crippen LogP contribution in [0.3, 0.4) is 0 Å². The Bertz CT molecular complexity index is 1220. The second-order valence-electron chi connectivity index (χ2n) is 6.46. The van der Waals surface area contributed by atoms with Crippen molar-refractivity contribution in [2.24, 2.45) is 0 Å². The summed E-state index contributed by atoms with van der Waals surface area (Å²) in [6.07, 6.45) is 3.14. The molecule has 0 bridgehead atoms. The van der Waals surface area contributed by atoms with Crippen LogP contribution in [0.5, 0.6) is 0 Å². The summed E-state index contributed by atoms with van der Waals surface area (Å²) < 4.78 is 1.33. The molecule has 1 aromatic carbocycles. The Morgan fingerprint density at radius 1 is 1.14 bits per heavy atom. The minimum absolute atomic E-state index is 0.132. The SMILES string of the molecule is CCc1ccc(-c2csc3ncn(CC(=O)Nc4nnc(CC)s4)c(=O)c23)cc1. The molecule has 29 heavy (non-hydrogen) atoms. The molecule has 1 N–H and O–H groups in total. The predicted octanol–water partition coefficient (Wildman–Crippen LogP) is 3.74. The van der Waals surface area contributed by atoms with Crippen LogP contribution in [0.25, 0.3) is 21.3 Å². The topological polar surface area (TPSA) is 89.8 Å². The van der Waals surface area contributed by atoms with Gasteiger partial charge >= 0.3 is 0 Å². The standard InChI is InChI=1S/C20H19N5O2S2/c1-3-12-5-7-13(8-6-12)14-10-28-18-17(14)19(27)25(11-21-18)9-15(26)22-20-24-23-16(4-2)29-20/h5-8,10-11H,3-4,9H2,1-2H3,(H,22,24,26). The number of fused-ring (bicyclic) bond motifs is 1. The van der Waals surface area contributed by atoms with Gasteiger partial charge in [0.2, 0.25) is 11.0 Å². The molecule has 0 saturated heterocycles. The Morgan fingerprint density at radius 2 is 1.93 bits per heavy atom. The third-order valence-electron chi connectivity index (χ3n) is 4.56. The van der Waals surface area contributed by atoms with Gasteiger partial charge in [0, 0.05) is 10.9 Å². The zero-order valence-corrected chi connectivity index (χ0v) is 17.6. The average Bonchev–Trinajstić information content (AvgIpc) is 3.37. The number of aryl methyl sites for hydroxylation is 2. The number of rotatable bonds is 6. The Labute approximate surface area is 175 Å². The molecule has 148 valence electrons.